The summed E-state index contributed by atoms with van der Waals surface area (Å²) in [5.74, 6) is -0.329. The lowest BCUT2D eigenvalue weighted by Gasteiger charge is -2.04. The third kappa shape index (κ3) is 2.59. The fourth-order valence-corrected chi connectivity index (χ4v) is 2.43. The number of carbonyl (C=O) groups is 1. The van der Waals surface area contributed by atoms with E-state index in [-0.39, 0.29) is 11.5 Å². The highest BCUT2D eigenvalue weighted by Crippen LogP contribution is 2.17. The number of aryl methyl sites for hydroxylation is 1. The second-order valence-corrected chi connectivity index (χ2v) is 5.46. The Bertz CT molecular complexity index is 897. The van der Waals surface area contributed by atoms with E-state index in [1.54, 1.807) is 19.1 Å². The highest BCUT2D eigenvalue weighted by molar-refractivity contribution is 9.10. The average molecular weight is 347 g/mol. The standard InChI is InChI=1S/C14H11BrN4O2/c1-8-5-12(20)19-13(17-8)11(7-16-19)14(21)18-10-4-2-3-9(15)6-10/h2-7,16H,1H3,(H,18,21). The van der Waals surface area contributed by atoms with Crippen molar-refractivity contribution in [3.63, 3.8) is 0 Å². The van der Waals surface area contributed by atoms with Crippen LogP contribution in [0.15, 0.2) is 45.8 Å². The molecule has 21 heavy (non-hydrogen) atoms. The van der Waals surface area contributed by atoms with Gasteiger partial charge in [-0.25, -0.2) is 9.50 Å². The van der Waals surface area contributed by atoms with E-state index in [9.17, 15) is 9.59 Å². The second kappa shape index (κ2) is 5.17. The molecule has 0 atom stereocenters. The Labute approximate surface area is 127 Å². The highest BCUT2D eigenvalue weighted by Gasteiger charge is 2.15. The number of amides is 1. The minimum atomic E-state index is -0.329. The monoisotopic (exact) mass is 346 g/mol. The van der Waals surface area contributed by atoms with Crippen LogP contribution in [0.4, 0.5) is 5.69 Å². The van der Waals surface area contributed by atoms with Crippen LogP contribution in [0.1, 0.15) is 16.1 Å². The van der Waals surface area contributed by atoms with Gasteiger partial charge in [0, 0.05) is 28.1 Å². The van der Waals surface area contributed by atoms with Crippen molar-refractivity contribution >= 4 is 33.2 Å². The van der Waals surface area contributed by atoms with Gasteiger partial charge in [0.05, 0.1) is 0 Å². The molecule has 2 heterocycles. The molecule has 0 aliphatic carbocycles. The summed E-state index contributed by atoms with van der Waals surface area (Å²) in [6.45, 7) is 1.71. The minimum absolute atomic E-state index is 0.251. The molecule has 0 unspecified atom stereocenters. The quantitative estimate of drug-likeness (QED) is 0.747. The molecule has 0 radical (unpaired) electrons. The summed E-state index contributed by atoms with van der Waals surface area (Å²) in [6.07, 6.45) is 1.47. The Hall–Kier alpha value is -2.41. The van der Waals surface area contributed by atoms with Gasteiger partial charge in [-0.2, -0.15) is 0 Å². The Morgan fingerprint density at radius 3 is 2.95 bits per heavy atom. The molecular weight excluding hydrogens is 336 g/mol. The van der Waals surface area contributed by atoms with Crippen molar-refractivity contribution in [2.24, 2.45) is 0 Å². The molecule has 0 saturated heterocycles. The first-order valence-corrected chi connectivity index (χ1v) is 6.98. The summed E-state index contributed by atoms with van der Waals surface area (Å²) >= 11 is 3.34. The van der Waals surface area contributed by atoms with Crippen LogP contribution < -0.4 is 10.9 Å². The molecule has 6 nitrogen and oxygen atoms in total. The van der Waals surface area contributed by atoms with Crippen LogP contribution in [0.2, 0.25) is 0 Å². The molecule has 0 spiro atoms. The van der Waals surface area contributed by atoms with E-state index in [0.717, 1.165) is 4.47 Å². The van der Waals surface area contributed by atoms with Crippen LogP contribution in [0.3, 0.4) is 0 Å². The zero-order valence-corrected chi connectivity index (χ0v) is 12.6. The van der Waals surface area contributed by atoms with Gasteiger partial charge in [-0.05, 0) is 25.1 Å². The lowest BCUT2D eigenvalue weighted by molar-refractivity contribution is 0.102. The molecule has 0 bridgehead atoms. The van der Waals surface area contributed by atoms with Gasteiger partial charge in [-0.15, -0.1) is 0 Å². The second-order valence-electron chi connectivity index (χ2n) is 4.55. The van der Waals surface area contributed by atoms with E-state index in [4.69, 9.17) is 0 Å². The normalized spacial score (nSPS) is 10.8. The predicted molar refractivity (Wildman–Crippen MR) is 82.6 cm³/mol. The lowest BCUT2D eigenvalue weighted by atomic mass is 10.2. The summed E-state index contributed by atoms with van der Waals surface area (Å²) in [4.78, 5) is 28.4. The summed E-state index contributed by atoms with van der Waals surface area (Å²) in [5, 5.41) is 5.51. The SMILES string of the molecule is Cc1cc(=O)n2[nH]cc(C(=O)Nc3cccc(Br)c3)c2n1. The van der Waals surface area contributed by atoms with E-state index in [1.165, 1.54) is 16.8 Å². The molecule has 0 aliphatic rings. The minimum Gasteiger partial charge on any atom is -0.322 e. The first-order valence-electron chi connectivity index (χ1n) is 6.19. The van der Waals surface area contributed by atoms with Gasteiger partial charge in [0.2, 0.25) is 0 Å². The molecule has 2 aromatic heterocycles. The molecule has 1 amide bonds. The topological polar surface area (TPSA) is 79.3 Å². The highest BCUT2D eigenvalue weighted by atomic mass is 79.9. The zero-order chi connectivity index (χ0) is 15.0. The summed E-state index contributed by atoms with van der Waals surface area (Å²) in [6, 6.07) is 8.66. The largest absolute Gasteiger partial charge is 0.322 e. The number of fused-ring (bicyclic) bond motifs is 1. The smallest absolute Gasteiger partial charge is 0.272 e. The van der Waals surface area contributed by atoms with E-state index >= 15 is 0 Å². The summed E-state index contributed by atoms with van der Waals surface area (Å²) < 4.78 is 2.10. The van der Waals surface area contributed by atoms with Gasteiger partial charge in [-0.1, -0.05) is 22.0 Å². The molecule has 106 valence electrons. The fourth-order valence-electron chi connectivity index (χ4n) is 2.03. The third-order valence-electron chi connectivity index (χ3n) is 2.95. The molecule has 0 aliphatic heterocycles. The summed E-state index contributed by atoms with van der Waals surface area (Å²) in [7, 11) is 0. The van der Waals surface area contributed by atoms with E-state index in [0.29, 0.717) is 22.6 Å². The molecule has 1 aromatic carbocycles. The number of carbonyl (C=O) groups excluding carboxylic acids is 1. The first-order chi connectivity index (χ1) is 10.0. The molecule has 7 heteroatoms. The molecule has 3 aromatic rings. The maximum Gasteiger partial charge on any atom is 0.272 e. The first kappa shape index (κ1) is 13.6. The summed E-state index contributed by atoms with van der Waals surface area (Å²) in [5.41, 5.74) is 1.60. The van der Waals surface area contributed by atoms with E-state index in [2.05, 4.69) is 31.3 Å². The number of rotatable bonds is 2. The predicted octanol–water partition coefficient (Wildman–Crippen LogP) is 2.35. The number of halogens is 1. The van der Waals surface area contributed by atoms with Crippen molar-refractivity contribution in [1.82, 2.24) is 14.6 Å². The van der Waals surface area contributed by atoms with E-state index < -0.39 is 0 Å². The van der Waals surface area contributed by atoms with Gasteiger partial charge < -0.3 is 5.32 Å². The fraction of sp³-hybridized carbons (Fsp3) is 0.0714. The number of hydrogen-bond donors (Lipinski definition) is 2. The number of benzene rings is 1. The maximum absolute atomic E-state index is 12.3. The van der Waals surface area contributed by atoms with Crippen LogP contribution >= 0.6 is 15.9 Å². The number of hydrogen-bond acceptors (Lipinski definition) is 3. The Balaban J connectivity index is 2.00. The van der Waals surface area contributed by atoms with Crippen molar-refractivity contribution in [2.45, 2.75) is 6.92 Å². The van der Waals surface area contributed by atoms with Crippen molar-refractivity contribution in [3.8, 4) is 0 Å². The molecule has 2 N–H and O–H groups in total. The lowest BCUT2D eigenvalue weighted by Crippen LogP contribution is -2.16. The Kier molecular flexibility index (Phi) is 3.34. The molecule has 0 saturated carbocycles. The van der Waals surface area contributed by atoms with Gasteiger partial charge in [0.25, 0.3) is 11.5 Å². The molecular formula is C14H11BrN4O2. The van der Waals surface area contributed by atoms with Gasteiger partial charge in [-0.3, -0.25) is 14.7 Å². The van der Waals surface area contributed by atoms with Gasteiger partial charge in [0.1, 0.15) is 5.56 Å². The Morgan fingerprint density at radius 2 is 2.19 bits per heavy atom. The van der Waals surface area contributed by atoms with Crippen LogP contribution in [-0.4, -0.2) is 20.5 Å². The molecule has 3 rings (SSSR count). The number of aromatic nitrogens is 3. The maximum atomic E-state index is 12.3. The number of H-pyrrole nitrogens is 1. The number of anilines is 1. The van der Waals surface area contributed by atoms with Gasteiger partial charge >= 0.3 is 0 Å². The zero-order valence-electron chi connectivity index (χ0n) is 11.1. The third-order valence-corrected chi connectivity index (χ3v) is 3.45. The van der Waals surface area contributed by atoms with Crippen molar-refractivity contribution in [1.29, 1.82) is 0 Å². The van der Waals surface area contributed by atoms with Crippen LogP contribution in [0.25, 0.3) is 5.65 Å². The Morgan fingerprint density at radius 1 is 1.38 bits per heavy atom. The van der Waals surface area contributed by atoms with Crippen molar-refractivity contribution in [3.05, 3.63) is 62.6 Å². The van der Waals surface area contributed by atoms with Crippen LogP contribution in [0, 0.1) is 6.92 Å². The number of aromatic amines is 1. The number of nitrogens with zero attached hydrogens (tertiary/aromatic N) is 2. The van der Waals surface area contributed by atoms with Gasteiger partial charge in [0.15, 0.2) is 5.65 Å². The molecule has 0 fully saturated rings. The van der Waals surface area contributed by atoms with Crippen molar-refractivity contribution < 1.29 is 4.79 Å². The van der Waals surface area contributed by atoms with Crippen LogP contribution in [-0.2, 0) is 0 Å². The van der Waals surface area contributed by atoms with E-state index in [1.807, 2.05) is 12.1 Å². The average Bonchev–Trinajstić information content (AvgIpc) is 2.82. The van der Waals surface area contributed by atoms with Crippen LogP contribution in [0.5, 0.6) is 0 Å². The van der Waals surface area contributed by atoms with Crippen molar-refractivity contribution in [2.75, 3.05) is 5.32 Å². The number of nitrogens with one attached hydrogen (secondary N) is 2.